The molecule has 1 unspecified atom stereocenters. The topological polar surface area (TPSA) is 38.9 Å². The number of aromatic nitrogens is 1. The van der Waals surface area contributed by atoms with Crippen LogP contribution in [0.25, 0.3) is 0 Å². The van der Waals surface area contributed by atoms with Crippen LogP contribution in [-0.4, -0.2) is 11.0 Å². The SMILES string of the molecule is NC(CCc1ccncc1)CCc1cccs1. The summed E-state index contributed by atoms with van der Waals surface area (Å²) in [6.45, 7) is 0. The highest BCUT2D eigenvalue weighted by Gasteiger charge is 2.04. The molecule has 0 bridgehead atoms. The number of hydrogen-bond donors (Lipinski definition) is 1. The maximum atomic E-state index is 6.13. The first kappa shape index (κ1) is 12.3. The molecule has 17 heavy (non-hydrogen) atoms. The number of nitrogens with zero attached hydrogens (tertiary/aromatic N) is 1. The quantitative estimate of drug-likeness (QED) is 0.851. The molecule has 0 saturated heterocycles. The van der Waals surface area contributed by atoms with Gasteiger partial charge >= 0.3 is 0 Å². The molecule has 0 aliphatic carbocycles. The largest absolute Gasteiger partial charge is 0.328 e. The highest BCUT2D eigenvalue weighted by atomic mass is 32.1. The summed E-state index contributed by atoms with van der Waals surface area (Å²) in [5, 5.41) is 2.12. The van der Waals surface area contributed by atoms with Crippen LogP contribution in [0.5, 0.6) is 0 Å². The van der Waals surface area contributed by atoms with Gasteiger partial charge in [0, 0.05) is 23.3 Å². The molecular formula is C14H18N2S. The first-order chi connectivity index (χ1) is 8.34. The first-order valence-corrected chi connectivity index (χ1v) is 6.89. The molecule has 0 amide bonds. The number of pyridine rings is 1. The van der Waals surface area contributed by atoms with Crippen LogP contribution in [0.2, 0.25) is 0 Å². The molecule has 2 N–H and O–H groups in total. The van der Waals surface area contributed by atoms with Gasteiger partial charge in [0.1, 0.15) is 0 Å². The second kappa shape index (κ2) is 6.52. The lowest BCUT2D eigenvalue weighted by Gasteiger charge is -2.10. The number of rotatable bonds is 6. The maximum Gasteiger partial charge on any atom is 0.0270 e. The minimum Gasteiger partial charge on any atom is -0.328 e. The van der Waals surface area contributed by atoms with Crippen LogP contribution in [0, 0.1) is 0 Å². The number of thiophene rings is 1. The Morgan fingerprint density at radius 2 is 1.88 bits per heavy atom. The molecule has 0 spiro atoms. The van der Waals surface area contributed by atoms with Crippen molar-refractivity contribution in [2.24, 2.45) is 5.73 Å². The molecule has 2 aromatic heterocycles. The summed E-state index contributed by atoms with van der Waals surface area (Å²) in [7, 11) is 0. The third-order valence-corrected chi connectivity index (χ3v) is 3.83. The molecule has 1 atom stereocenters. The van der Waals surface area contributed by atoms with Crippen molar-refractivity contribution in [2.45, 2.75) is 31.7 Å². The fourth-order valence-corrected chi connectivity index (χ4v) is 2.55. The molecule has 2 nitrogen and oxygen atoms in total. The van der Waals surface area contributed by atoms with Crippen LogP contribution in [0.3, 0.4) is 0 Å². The highest BCUT2D eigenvalue weighted by Crippen LogP contribution is 2.13. The van der Waals surface area contributed by atoms with Crippen molar-refractivity contribution in [1.82, 2.24) is 4.98 Å². The van der Waals surface area contributed by atoms with Crippen molar-refractivity contribution in [3.05, 3.63) is 52.5 Å². The van der Waals surface area contributed by atoms with Gasteiger partial charge in [-0.3, -0.25) is 4.98 Å². The summed E-state index contributed by atoms with van der Waals surface area (Å²) >= 11 is 1.82. The molecule has 0 aliphatic heterocycles. The molecule has 0 radical (unpaired) electrons. The van der Waals surface area contributed by atoms with E-state index in [1.807, 2.05) is 23.7 Å². The van der Waals surface area contributed by atoms with E-state index in [1.165, 1.54) is 10.4 Å². The van der Waals surface area contributed by atoms with Crippen molar-refractivity contribution >= 4 is 11.3 Å². The lowest BCUT2D eigenvalue weighted by Crippen LogP contribution is -2.21. The third kappa shape index (κ3) is 4.29. The van der Waals surface area contributed by atoms with E-state index in [-0.39, 0.29) is 0 Å². The lowest BCUT2D eigenvalue weighted by molar-refractivity contribution is 0.571. The molecule has 0 fully saturated rings. The summed E-state index contributed by atoms with van der Waals surface area (Å²) in [5.74, 6) is 0. The summed E-state index contributed by atoms with van der Waals surface area (Å²) in [6, 6.07) is 8.70. The number of hydrogen-bond acceptors (Lipinski definition) is 3. The van der Waals surface area contributed by atoms with Crippen LogP contribution in [0.15, 0.2) is 42.0 Å². The zero-order chi connectivity index (χ0) is 11.9. The van der Waals surface area contributed by atoms with Crippen LogP contribution < -0.4 is 5.73 Å². The lowest BCUT2D eigenvalue weighted by atomic mass is 10.0. The summed E-state index contributed by atoms with van der Waals surface area (Å²) in [6.07, 6.45) is 7.96. The zero-order valence-electron chi connectivity index (χ0n) is 9.88. The van der Waals surface area contributed by atoms with Crippen LogP contribution in [0.4, 0.5) is 0 Å². The summed E-state index contributed by atoms with van der Waals surface area (Å²) in [5.41, 5.74) is 7.45. The Labute approximate surface area is 107 Å². The fraction of sp³-hybridized carbons (Fsp3) is 0.357. The van der Waals surface area contributed by atoms with E-state index < -0.39 is 0 Å². The summed E-state index contributed by atoms with van der Waals surface area (Å²) in [4.78, 5) is 5.45. The van der Waals surface area contributed by atoms with Gasteiger partial charge in [0.05, 0.1) is 0 Å². The second-order valence-corrected chi connectivity index (χ2v) is 5.30. The maximum absolute atomic E-state index is 6.13. The van der Waals surface area contributed by atoms with Gasteiger partial charge in [-0.1, -0.05) is 6.07 Å². The van der Waals surface area contributed by atoms with Crippen molar-refractivity contribution in [2.75, 3.05) is 0 Å². The molecule has 2 aromatic rings. The number of aryl methyl sites for hydroxylation is 2. The van der Waals surface area contributed by atoms with Crippen molar-refractivity contribution < 1.29 is 0 Å². The zero-order valence-corrected chi connectivity index (χ0v) is 10.7. The Bertz CT molecular complexity index is 411. The molecule has 3 heteroatoms. The van der Waals surface area contributed by atoms with Gasteiger partial charge in [0.2, 0.25) is 0 Å². The van der Waals surface area contributed by atoms with E-state index in [2.05, 4.69) is 34.6 Å². The smallest absolute Gasteiger partial charge is 0.0270 e. The van der Waals surface area contributed by atoms with E-state index in [0.717, 1.165) is 25.7 Å². The van der Waals surface area contributed by atoms with Gasteiger partial charge in [-0.2, -0.15) is 0 Å². The Balaban J connectivity index is 1.69. The standard InChI is InChI=1S/C14H18N2S/c15-13(5-6-14-2-1-11-17-14)4-3-12-7-9-16-10-8-12/h1-2,7-11,13H,3-6,15H2. The second-order valence-electron chi connectivity index (χ2n) is 4.27. The fourth-order valence-electron chi connectivity index (χ4n) is 1.83. The van der Waals surface area contributed by atoms with Crippen molar-refractivity contribution in [1.29, 1.82) is 0 Å². The predicted octanol–water partition coefficient (Wildman–Crippen LogP) is 3.04. The van der Waals surface area contributed by atoms with Gasteiger partial charge in [-0.05, 0) is 54.8 Å². The Morgan fingerprint density at radius 3 is 2.59 bits per heavy atom. The van der Waals surface area contributed by atoms with Crippen LogP contribution in [-0.2, 0) is 12.8 Å². The monoisotopic (exact) mass is 246 g/mol. The van der Waals surface area contributed by atoms with Gasteiger partial charge in [-0.15, -0.1) is 11.3 Å². The highest BCUT2D eigenvalue weighted by molar-refractivity contribution is 7.09. The third-order valence-electron chi connectivity index (χ3n) is 2.89. The van der Waals surface area contributed by atoms with Crippen molar-refractivity contribution in [3.8, 4) is 0 Å². The molecule has 0 saturated carbocycles. The molecule has 2 rings (SSSR count). The van der Waals surface area contributed by atoms with E-state index in [9.17, 15) is 0 Å². The first-order valence-electron chi connectivity index (χ1n) is 6.01. The average molecular weight is 246 g/mol. The van der Waals surface area contributed by atoms with E-state index in [4.69, 9.17) is 5.73 Å². The van der Waals surface area contributed by atoms with Crippen molar-refractivity contribution in [3.63, 3.8) is 0 Å². The van der Waals surface area contributed by atoms with Crippen LogP contribution >= 0.6 is 11.3 Å². The molecule has 0 aromatic carbocycles. The minimum absolute atomic E-state index is 0.297. The van der Waals surface area contributed by atoms with E-state index in [0.29, 0.717) is 6.04 Å². The van der Waals surface area contributed by atoms with Gasteiger partial charge in [-0.25, -0.2) is 0 Å². The average Bonchev–Trinajstić information content (AvgIpc) is 2.88. The normalized spacial score (nSPS) is 12.5. The molecule has 2 heterocycles. The Hall–Kier alpha value is -1.19. The van der Waals surface area contributed by atoms with E-state index >= 15 is 0 Å². The van der Waals surface area contributed by atoms with Gasteiger partial charge in [0.25, 0.3) is 0 Å². The Morgan fingerprint density at radius 1 is 1.12 bits per heavy atom. The Kier molecular flexibility index (Phi) is 4.71. The van der Waals surface area contributed by atoms with Gasteiger partial charge < -0.3 is 5.73 Å². The molecule has 90 valence electrons. The minimum atomic E-state index is 0.297. The summed E-state index contributed by atoms with van der Waals surface area (Å²) < 4.78 is 0. The predicted molar refractivity (Wildman–Crippen MR) is 73.2 cm³/mol. The molecule has 0 aliphatic rings. The van der Waals surface area contributed by atoms with Gasteiger partial charge in [0.15, 0.2) is 0 Å². The van der Waals surface area contributed by atoms with E-state index in [1.54, 1.807) is 0 Å². The number of nitrogens with two attached hydrogens (primary N) is 1. The van der Waals surface area contributed by atoms with Crippen LogP contribution in [0.1, 0.15) is 23.3 Å². The molecular weight excluding hydrogens is 228 g/mol.